The normalized spacial score (nSPS) is 16.8. The number of carbonyl (C=O) groups is 1. The van der Waals surface area contributed by atoms with Gasteiger partial charge in [0.1, 0.15) is 0 Å². The van der Waals surface area contributed by atoms with Crippen LogP contribution in [0.3, 0.4) is 0 Å². The molecule has 92 valence electrons. The monoisotopic (exact) mass is 252 g/mol. The zero-order chi connectivity index (χ0) is 12.3. The molecule has 17 heavy (non-hydrogen) atoms. The molecule has 1 aliphatic rings. The van der Waals surface area contributed by atoms with Crippen LogP contribution < -0.4 is 5.32 Å². The van der Waals surface area contributed by atoms with E-state index >= 15 is 0 Å². The molecule has 1 heterocycles. The molecule has 0 spiro atoms. The number of rotatable bonds is 2. The van der Waals surface area contributed by atoms with Crippen molar-refractivity contribution in [3.63, 3.8) is 0 Å². The third-order valence-electron chi connectivity index (χ3n) is 3.24. The summed E-state index contributed by atoms with van der Waals surface area (Å²) in [6, 6.07) is 2.00. The van der Waals surface area contributed by atoms with Gasteiger partial charge in [-0.25, -0.2) is 0 Å². The summed E-state index contributed by atoms with van der Waals surface area (Å²) in [5, 5.41) is 3.57. The predicted octanol–water partition coefficient (Wildman–Crippen LogP) is 3.11. The first-order valence-corrected chi connectivity index (χ1v) is 6.47. The summed E-state index contributed by atoms with van der Waals surface area (Å²) in [5.41, 5.74) is 1.31. The van der Waals surface area contributed by atoms with E-state index in [1.165, 1.54) is 19.3 Å². The quantitative estimate of drug-likeness (QED) is 0.879. The van der Waals surface area contributed by atoms with E-state index in [4.69, 9.17) is 11.6 Å². The summed E-state index contributed by atoms with van der Waals surface area (Å²) in [6.07, 6.45) is 7.42. The number of hydrogen-bond acceptors (Lipinski definition) is 2. The van der Waals surface area contributed by atoms with Gasteiger partial charge in [0.25, 0.3) is 5.91 Å². The van der Waals surface area contributed by atoms with Crippen LogP contribution in [-0.4, -0.2) is 16.9 Å². The number of carbonyl (C=O) groups excluding carboxylic acids is 1. The number of hydrogen-bond donors (Lipinski definition) is 1. The van der Waals surface area contributed by atoms with Gasteiger partial charge in [-0.3, -0.25) is 9.78 Å². The number of nitrogens with one attached hydrogen (secondary N) is 1. The van der Waals surface area contributed by atoms with Gasteiger partial charge in [0.05, 0.1) is 16.3 Å². The molecule has 0 radical (unpaired) electrons. The Morgan fingerprint density at radius 3 is 2.82 bits per heavy atom. The van der Waals surface area contributed by atoms with Gasteiger partial charge in [-0.05, 0) is 25.8 Å². The lowest BCUT2D eigenvalue weighted by Gasteiger charge is -2.23. The van der Waals surface area contributed by atoms with Crippen LogP contribution in [0.15, 0.2) is 12.3 Å². The molecule has 2 rings (SSSR count). The van der Waals surface area contributed by atoms with E-state index in [0.717, 1.165) is 18.5 Å². The molecule has 0 aliphatic heterocycles. The molecule has 1 saturated carbocycles. The van der Waals surface area contributed by atoms with Crippen LogP contribution in [0.5, 0.6) is 0 Å². The number of nitrogens with zero attached hydrogens (tertiary/aromatic N) is 1. The second kappa shape index (κ2) is 5.50. The van der Waals surface area contributed by atoms with Gasteiger partial charge >= 0.3 is 0 Å². The molecule has 1 amide bonds. The van der Waals surface area contributed by atoms with E-state index in [9.17, 15) is 4.79 Å². The van der Waals surface area contributed by atoms with Gasteiger partial charge in [0.15, 0.2) is 0 Å². The van der Waals surface area contributed by atoms with Gasteiger partial charge < -0.3 is 5.32 Å². The molecule has 0 aromatic carbocycles. The minimum absolute atomic E-state index is 0.0515. The molecular formula is C13H17ClN2O. The van der Waals surface area contributed by atoms with Crippen LogP contribution in [0, 0.1) is 6.92 Å². The maximum absolute atomic E-state index is 12.1. The Morgan fingerprint density at radius 2 is 2.12 bits per heavy atom. The Balaban J connectivity index is 2.05. The van der Waals surface area contributed by atoms with Crippen molar-refractivity contribution in [2.75, 3.05) is 0 Å². The summed E-state index contributed by atoms with van der Waals surface area (Å²) in [6.45, 7) is 1.83. The molecule has 1 aromatic heterocycles. The molecule has 0 atom stereocenters. The van der Waals surface area contributed by atoms with Gasteiger partial charge in [-0.15, -0.1) is 0 Å². The molecular weight excluding hydrogens is 236 g/mol. The van der Waals surface area contributed by atoms with Crippen LogP contribution in [0.2, 0.25) is 5.02 Å². The third-order valence-corrected chi connectivity index (χ3v) is 3.45. The molecule has 1 aromatic rings. The van der Waals surface area contributed by atoms with Crippen molar-refractivity contribution in [3.8, 4) is 0 Å². The van der Waals surface area contributed by atoms with E-state index in [1.807, 2.05) is 6.92 Å². The summed E-state index contributed by atoms with van der Waals surface area (Å²) in [7, 11) is 0. The number of aromatic nitrogens is 1. The smallest absolute Gasteiger partial charge is 0.253 e. The van der Waals surface area contributed by atoms with E-state index in [2.05, 4.69) is 10.3 Å². The minimum Gasteiger partial charge on any atom is -0.349 e. The van der Waals surface area contributed by atoms with E-state index < -0.39 is 0 Å². The summed E-state index contributed by atoms with van der Waals surface area (Å²) >= 11 is 5.86. The Hall–Kier alpha value is -1.09. The number of pyridine rings is 1. The maximum Gasteiger partial charge on any atom is 0.253 e. The zero-order valence-corrected chi connectivity index (χ0v) is 10.8. The average Bonchev–Trinajstić information content (AvgIpc) is 2.33. The SMILES string of the molecule is Cc1ncc(Cl)cc1C(=O)NC1CCCCC1. The fraction of sp³-hybridized carbons (Fsp3) is 0.538. The number of halogens is 1. The molecule has 3 nitrogen and oxygen atoms in total. The van der Waals surface area contributed by atoms with Crippen LogP contribution in [0.4, 0.5) is 0 Å². The van der Waals surface area contributed by atoms with E-state index in [0.29, 0.717) is 16.6 Å². The summed E-state index contributed by atoms with van der Waals surface area (Å²) in [5.74, 6) is -0.0515. The summed E-state index contributed by atoms with van der Waals surface area (Å²) in [4.78, 5) is 16.2. The average molecular weight is 253 g/mol. The molecule has 1 fully saturated rings. The van der Waals surface area contributed by atoms with E-state index in [1.54, 1.807) is 12.3 Å². The largest absolute Gasteiger partial charge is 0.349 e. The molecule has 0 bridgehead atoms. The standard InChI is InChI=1S/C13H17ClN2O/c1-9-12(7-10(14)8-15-9)13(17)16-11-5-3-2-4-6-11/h7-8,11H,2-6H2,1H3,(H,16,17). The highest BCUT2D eigenvalue weighted by Crippen LogP contribution is 2.19. The van der Waals surface area contributed by atoms with Crippen molar-refractivity contribution in [1.82, 2.24) is 10.3 Å². The Bertz CT molecular complexity index is 414. The predicted molar refractivity (Wildman–Crippen MR) is 68.3 cm³/mol. The molecule has 0 unspecified atom stereocenters. The van der Waals surface area contributed by atoms with Gasteiger partial charge in [-0.2, -0.15) is 0 Å². The first-order valence-electron chi connectivity index (χ1n) is 6.10. The maximum atomic E-state index is 12.1. The Labute approximate surface area is 107 Å². The number of aryl methyl sites for hydroxylation is 1. The first kappa shape index (κ1) is 12.4. The molecule has 1 aliphatic carbocycles. The van der Waals surface area contributed by atoms with Crippen LogP contribution in [0.1, 0.15) is 48.2 Å². The first-order chi connectivity index (χ1) is 8.16. The van der Waals surface area contributed by atoms with Crippen molar-refractivity contribution in [3.05, 3.63) is 28.5 Å². The van der Waals surface area contributed by atoms with Crippen molar-refractivity contribution >= 4 is 17.5 Å². The lowest BCUT2D eigenvalue weighted by Crippen LogP contribution is -2.36. The fourth-order valence-corrected chi connectivity index (χ4v) is 2.41. The van der Waals surface area contributed by atoms with Crippen molar-refractivity contribution in [2.24, 2.45) is 0 Å². The van der Waals surface area contributed by atoms with Crippen LogP contribution in [0.25, 0.3) is 0 Å². The van der Waals surface area contributed by atoms with Gasteiger partial charge in [-0.1, -0.05) is 30.9 Å². The number of amides is 1. The lowest BCUT2D eigenvalue weighted by molar-refractivity contribution is 0.0926. The Kier molecular flexibility index (Phi) is 4.00. The van der Waals surface area contributed by atoms with Crippen molar-refractivity contribution < 1.29 is 4.79 Å². The van der Waals surface area contributed by atoms with Crippen molar-refractivity contribution in [2.45, 2.75) is 45.1 Å². The minimum atomic E-state index is -0.0515. The lowest BCUT2D eigenvalue weighted by atomic mass is 9.95. The van der Waals surface area contributed by atoms with Crippen molar-refractivity contribution in [1.29, 1.82) is 0 Å². The van der Waals surface area contributed by atoms with E-state index in [-0.39, 0.29) is 5.91 Å². The second-order valence-corrected chi connectivity index (χ2v) is 5.03. The summed E-state index contributed by atoms with van der Waals surface area (Å²) < 4.78 is 0. The highest BCUT2D eigenvalue weighted by molar-refractivity contribution is 6.30. The molecule has 4 heteroatoms. The molecule has 0 saturated heterocycles. The van der Waals surface area contributed by atoms with Gasteiger partial charge in [0.2, 0.25) is 0 Å². The highest BCUT2D eigenvalue weighted by atomic mass is 35.5. The Morgan fingerprint density at radius 1 is 1.41 bits per heavy atom. The fourth-order valence-electron chi connectivity index (χ4n) is 2.25. The third kappa shape index (κ3) is 3.19. The zero-order valence-electron chi connectivity index (χ0n) is 10.0. The molecule has 1 N–H and O–H groups in total. The second-order valence-electron chi connectivity index (χ2n) is 4.59. The van der Waals surface area contributed by atoms with Crippen LogP contribution in [-0.2, 0) is 0 Å². The topological polar surface area (TPSA) is 42.0 Å². The highest BCUT2D eigenvalue weighted by Gasteiger charge is 2.18. The van der Waals surface area contributed by atoms with Crippen LogP contribution >= 0.6 is 11.6 Å². The van der Waals surface area contributed by atoms with Gasteiger partial charge in [0, 0.05) is 12.2 Å².